The fraction of sp³-hybridized carbons (Fsp3) is 0.636. The third-order valence-corrected chi connectivity index (χ3v) is 3.01. The van der Waals surface area contributed by atoms with Crippen LogP contribution in [-0.2, 0) is 11.2 Å². The molecule has 1 aliphatic rings. The average molecular weight is 208 g/mol. The van der Waals surface area contributed by atoms with Crippen molar-refractivity contribution < 1.29 is 9.90 Å². The molecule has 0 amide bonds. The van der Waals surface area contributed by atoms with Crippen LogP contribution in [-0.4, -0.2) is 21.0 Å². The second-order valence-corrected chi connectivity index (χ2v) is 4.19. The van der Waals surface area contributed by atoms with E-state index in [1.54, 1.807) is 6.20 Å². The summed E-state index contributed by atoms with van der Waals surface area (Å²) in [6.07, 6.45) is 8.08. The van der Waals surface area contributed by atoms with Crippen LogP contribution in [0.5, 0.6) is 0 Å². The second-order valence-electron chi connectivity index (χ2n) is 4.19. The minimum absolute atomic E-state index is 0.00722. The van der Waals surface area contributed by atoms with Gasteiger partial charge in [-0.1, -0.05) is 19.3 Å². The molecule has 4 heteroatoms. The van der Waals surface area contributed by atoms with Gasteiger partial charge >= 0.3 is 5.97 Å². The van der Waals surface area contributed by atoms with Gasteiger partial charge in [0.25, 0.3) is 0 Å². The van der Waals surface area contributed by atoms with Crippen molar-refractivity contribution in [2.45, 2.75) is 44.4 Å². The predicted molar refractivity (Wildman–Crippen MR) is 55.8 cm³/mol. The smallest absolute Gasteiger partial charge is 0.311 e. The third-order valence-electron chi connectivity index (χ3n) is 3.01. The Morgan fingerprint density at radius 1 is 1.47 bits per heavy atom. The van der Waals surface area contributed by atoms with Crippen LogP contribution in [0.2, 0.25) is 0 Å². The minimum atomic E-state index is -0.834. The van der Waals surface area contributed by atoms with Crippen LogP contribution in [0.3, 0.4) is 0 Å². The maximum Gasteiger partial charge on any atom is 0.311 e. The van der Waals surface area contributed by atoms with Crippen molar-refractivity contribution >= 4 is 5.97 Å². The molecular formula is C11H16N2O2. The number of imidazole rings is 1. The topological polar surface area (TPSA) is 66.0 Å². The number of carboxylic acids is 1. The summed E-state index contributed by atoms with van der Waals surface area (Å²) in [6, 6.07) is 0. The molecule has 0 saturated heterocycles. The van der Waals surface area contributed by atoms with E-state index in [4.69, 9.17) is 5.11 Å². The molecule has 82 valence electrons. The molecule has 15 heavy (non-hydrogen) atoms. The molecule has 1 aromatic heterocycles. The Labute approximate surface area is 88.7 Å². The number of aliphatic carboxylic acids is 1. The average Bonchev–Trinajstić information content (AvgIpc) is 2.67. The first kappa shape index (κ1) is 10.2. The van der Waals surface area contributed by atoms with Crippen molar-refractivity contribution in [2.75, 3.05) is 0 Å². The monoisotopic (exact) mass is 208 g/mol. The van der Waals surface area contributed by atoms with Gasteiger partial charge in [0.05, 0.1) is 0 Å². The number of hydrogen-bond donors (Lipinski definition) is 2. The molecule has 1 fully saturated rings. The zero-order valence-electron chi connectivity index (χ0n) is 8.70. The van der Waals surface area contributed by atoms with Gasteiger partial charge < -0.3 is 10.1 Å². The molecule has 0 spiro atoms. The van der Waals surface area contributed by atoms with E-state index < -0.39 is 5.97 Å². The lowest BCUT2D eigenvalue weighted by molar-refractivity contribution is -0.136. The number of nitrogens with zero attached hydrogens (tertiary/aromatic N) is 1. The number of aromatic amines is 1. The van der Waals surface area contributed by atoms with Crippen LogP contribution in [0.4, 0.5) is 0 Å². The van der Waals surface area contributed by atoms with E-state index in [0.717, 1.165) is 5.69 Å². The summed E-state index contributed by atoms with van der Waals surface area (Å²) in [5.74, 6) is 0.302. The molecule has 1 aliphatic carbocycles. The summed E-state index contributed by atoms with van der Waals surface area (Å²) in [5, 5.41) is 8.63. The Balaban J connectivity index is 2.02. The van der Waals surface area contributed by atoms with E-state index >= 15 is 0 Å². The lowest BCUT2D eigenvalue weighted by Gasteiger charge is -2.19. The molecule has 0 atom stereocenters. The van der Waals surface area contributed by atoms with Crippen molar-refractivity contribution in [3.05, 3.63) is 17.7 Å². The van der Waals surface area contributed by atoms with Crippen LogP contribution in [0.25, 0.3) is 0 Å². The van der Waals surface area contributed by atoms with Gasteiger partial charge in [-0.05, 0) is 12.8 Å². The number of H-pyrrole nitrogens is 1. The summed E-state index contributed by atoms with van der Waals surface area (Å²) >= 11 is 0. The van der Waals surface area contributed by atoms with Crippen molar-refractivity contribution in [3.63, 3.8) is 0 Å². The summed E-state index contributed by atoms with van der Waals surface area (Å²) < 4.78 is 0. The van der Waals surface area contributed by atoms with Crippen molar-refractivity contribution in [3.8, 4) is 0 Å². The molecule has 0 radical (unpaired) electrons. The number of nitrogens with one attached hydrogen (secondary N) is 1. The van der Waals surface area contributed by atoms with Crippen molar-refractivity contribution in [1.29, 1.82) is 0 Å². The highest BCUT2D eigenvalue weighted by Crippen LogP contribution is 2.31. The first-order valence-corrected chi connectivity index (χ1v) is 5.51. The van der Waals surface area contributed by atoms with Crippen LogP contribution in [0.1, 0.15) is 49.5 Å². The van der Waals surface area contributed by atoms with E-state index in [-0.39, 0.29) is 6.42 Å². The fourth-order valence-electron chi connectivity index (χ4n) is 2.23. The zero-order valence-corrected chi connectivity index (χ0v) is 8.70. The Morgan fingerprint density at radius 3 is 2.87 bits per heavy atom. The Kier molecular flexibility index (Phi) is 3.04. The predicted octanol–water partition coefficient (Wildman–Crippen LogP) is 2.08. The maximum absolute atomic E-state index is 10.5. The molecule has 1 aromatic rings. The molecule has 0 aromatic carbocycles. The number of rotatable bonds is 3. The number of aromatic nitrogens is 2. The largest absolute Gasteiger partial charge is 0.481 e. The molecule has 4 nitrogen and oxygen atoms in total. The van der Waals surface area contributed by atoms with E-state index in [2.05, 4.69) is 9.97 Å². The van der Waals surface area contributed by atoms with Gasteiger partial charge in [0.2, 0.25) is 0 Å². The van der Waals surface area contributed by atoms with Gasteiger partial charge in [-0.15, -0.1) is 0 Å². The number of carbonyl (C=O) groups is 1. The van der Waals surface area contributed by atoms with Crippen molar-refractivity contribution in [1.82, 2.24) is 9.97 Å². The molecule has 2 N–H and O–H groups in total. The van der Waals surface area contributed by atoms with Gasteiger partial charge in [-0.25, -0.2) is 4.98 Å². The quantitative estimate of drug-likeness (QED) is 0.799. The van der Waals surface area contributed by atoms with Crippen LogP contribution in [0.15, 0.2) is 6.20 Å². The number of hydrogen-bond acceptors (Lipinski definition) is 2. The summed E-state index contributed by atoms with van der Waals surface area (Å²) in [4.78, 5) is 17.7. The second kappa shape index (κ2) is 4.47. The third kappa shape index (κ3) is 2.58. The van der Waals surface area contributed by atoms with E-state index in [1.807, 2.05) is 0 Å². The first-order chi connectivity index (χ1) is 7.25. The zero-order chi connectivity index (χ0) is 10.7. The highest BCUT2D eigenvalue weighted by molar-refractivity contribution is 5.68. The van der Waals surface area contributed by atoms with E-state index in [9.17, 15) is 4.79 Å². The van der Waals surface area contributed by atoms with Crippen molar-refractivity contribution in [2.24, 2.45) is 0 Å². The standard InChI is InChI=1S/C11H16N2O2/c14-11(15)6-10-12-7-9(13-10)8-4-2-1-3-5-8/h7-8H,1-6H2,(H,12,13)(H,14,15). The van der Waals surface area contributed by atoms with Crippen LogP contribution >= 0.6 is 0 Å². The van der Waals surface area contributed by atoms with Gasteiger partial charge in [0.15, 0.2) is 0 Å². The van der Waals surface area contributed by atoms with E-state index in [0.29, 0.717) is 11.7 Å². The first-order valence-electron chi connectivity index (χ1n) is 5.51. The molecule has 0 aliphatic heterocycles. The molecule has 0 unspecified atom stereocenters. The number of carboxylic acid groups (broad SMARTS) is 1. The highest BCUT2D eigenvalue weighted by Gasteiger charge is 2.17. The lowest BCUT2D eigenvalue weighted by atomic mass is 9.87. The van der Waals surface area contributed by atoms with Gasteiger partial charge in [-0.3, -0.25) is 4.79 Å². The minimum Gasteiger partial charge on any atom is -0.481 e. The fourth-order valence-corrected chi connectivity index (χ4v) is 2.23. The summed E-state index contributed by atoms with van der Waals surface area (Å²) in [6.45, 7) is 0. The SMILES string of the molecule is O=C(O)Cc1ncc(C2CCCCC2)[nH]1. The highest BCUT2D eigenvalue weighted by atomic mass is 16.4. The van der Waals surface area contributed by atoms with Gasteiger partial charge in [0.1, 0.15) is 12.2 Å². The normalized spacial score (nSPS) is 17.9. The van der Waals surface area contributed by atoms with Gasteiger partial charge in [0, 0.05) is 17.8 Å². The maximum atomic E-state index is 10.5. The molecular weight excluding hydrogens is 192 g/mol. The summed E-state index contributed by atoms with van der Waals surface area (Å²) in [5.41, 5.74) is 1.12. The Morgan fingerprint density at radius 2 is 2.20 bits per heavy atom. The molecule has 1 heterocycles. The lowest BCUT2D eigenvalue weighted by Crippen LogP contribution is -2.06. The molecule has 2 rings (SSSR count). The van der Waals surface area contributed by atoms with Crippen LogP contribution < -0.4 is 0 Å². The van der Waals surface area contributed by atoms with E-state index in [1.165, 1.54) is 32.1 Å². The Hall–Kier alpha value is -1.32. The molecule has 1 saturated carbocycles. The summed E-state index contributed by atoms with van der Waals surface area (Å²) in [7, 11) is 0. The van der Waals surface area contributed by atoms with Crippen LogP contribution in [0, 0.1) is 0 Å². The Bertz CT molecular complexity index is 340. The molecule has 0 bridgehead atoms. The van der Waals surface area contributed by atoms with Gasteiger partial charge in [-0.2, -0.15) is 0 Å².